The fourth-order valence-electron chi connectivity index (χ4n) is 3.22. The molecular formula is C24H23N3O4S2. The van der Waals surface area contributed by atoms with E-state index in [4.69, 9.17) is 4.74 Å². The van der Waals surface area contributed by atoms with Crippen molar-refractivity contribution in [2.45, 2.75) is 4.90 Å². The van der Waals surface area contributed by atoms with E-state index in [0.717, 1.165) is 16.1 Å². The van der Waals surface area contributed by atoms with Gasteiger partial charge < -0.3 is 15.4 Å². The van der Waals surface area contributed by atoms with E-state index in [1.165, 1.54) is 16.4 Å². The van der Waals surface area contributed by atoms with E-state index in [1.54, 1.807) is 23.5 Å². The predicted molar refractivity (Wildman–Crippen MR) is 130 cm³/mol. The van der Waals surface area contributed by atoms with Crippen LogP contribution in [-0.2, 0) is 19.6 Å². The third-order valence-electron chi connectivity index (χ3n) is 4.91. The van der Waals surface area contributed by atoms with Crippen molar-refractivity contribution in [2.24, 2.45) is 0 Å². The van der Waals surface area contributed by atoms with E-state index >= 15 is 0 Å². The Bertz CT molecular complexity index is 1260. The molecule has 1 fully saturated rings. The van der Waals surface area contributed by atoms with E-state index in [-0.39, 0.29) is 17.3 Å². The van der Waals surface area contributed by atoms with Crippen molar-refractivity contribution in [3.63, 3.8) is 0 Å². The zero-order valence-corrected chi connectivity index (χ0v) is 19.4. The Morgan fingerprint density at radius 1 is 1.00 bits per heavy atom. The first-order valence-electron chi connectivity index (χ1n) is 10.4. The molecule has 170 valence electrons. The zero-order chi connectivity index (χ0) is 23.1. The van der Waals surface area contributed by atoms with E-state index < -0.39 is 10.0 Å². The molecular weight excluding hydrogens is 458 g/mol. The van der Waals surface area contributed by atoms with Crippen molar-refractivity contribution < 1.29 is 17.9 Å². The van der Waals surface area contributed by atoms with Crippen LogP contribution in [0.4, 0.5) is 11.4 Å². The fraction of sp³-hybridized carbons (Fsp3) is 0.208. The number of anilines is 2. The molecule has 4 rings (SSSR count). The second-order valence-corrected chi connectivity index (χ2v) is 10.1. The van der Waals surface area contributed by atoms with Crippen molar-refractivity contribution >= 4 is 38.6 Å². The van der Waals surface area contributed by atoms with Crippen molar-refractivity contribution in [1.82, 2.24) is 4.31 Å². The maximum Gasteiger partial charge on any atom is 0.243 e. The molecule has 0 radical (unpaired) electrons. The molecule has 0 atom stereocenters. The number of benzene rings is 2. The number of amides is 1. The maximum atomic E-state index is 12.7. The van der Waals surface area contributed by atoms with E-state index in [2.05, 4.69) is 22.5 Å². The maximum absolute atomic E-state index is 12.7. The first kappa shape index (κ1) is 23.0. The number of carbonyl (C=O) groups excluding carboxylic acids is 1. The minimum absolute atomic E-state index is 0.0651. The van der Waals surface area contributed by atoms with Gasteiger partial charge in [-0.25, -0.2) is 8.42 Å². The number of nitrogens with zero attached hydrogens (tertiary/aromatic N) is 1. The minimum Gasteiger partial charge on any atom is -0.379 e. The summed E-state index contributed by atoms with van der Waals surface area (Å²) in [5.41, 5.74) is 2.17. The van der Waals surface area contributed by atoms with Gasteiger partial charge in [0.05, 0.1) is 29.5 Å². The highest BCUT2D eigenvalue weighted by atomic mass is 32.2. The molecule has 2 N–H and O–H groups in total. The van der Waals surface area contributed by atoms with Gasteiger partial charge in [-0.05, 0) is 53.9 Å². The summed E-state index contributed by atoms with van der Waals surface area (Å²) in [5, 5.41) is 7.84. The number of ether oxygens (including phenoxy) is 1. The lowest BCUT2D eigenvalue weighted by Gasteiger charge is -2.26. The van der Waals surface area contributed by atoms with Gasteiger partial charge in [-0.1, -0.05) is 24.0 Å². The number of hydrogen-bond donors (Lipinski definition) is 2. The molecule has 0 saturated carbocycles. The highest BCUT2D eigenvalue weighted by molar-refractivity contribution is 7.89. The Hall–Kier alpha value is -3.16. The quantitative estimate of drug-likeness (QED) is 0.528. The second-order valence-electron chi connectivity index (χ2n) is 7.25. The highest BCUT2D eigenvalue weighted by Crippen LogP contribution is 2.19. The van der Waals surface area contributed by atoms with Gasteiger partial charge in [0.2, 0.25) is 15.9 Å². The molecule has 0 spiro atoms. The fourth-order valence-corrected chi connectivity index (χ4v) is 5.20. The Kier molecular flexibility index (Phi) is 7.42. The molecule has 2 heterocycles. The molecule has 0 aliphatic carbocycles. The summed E-state index contributed by atoms with van der Waals surface area (Å²) in [7, 11) is -3.56. The molecule has 1 aromatic heterocycles. The summed E-state index contributed by atoms with van der Waals surface area (Å²) in [6, 6.07) is 17.7. The van der Waals surface area contributed by atoms with E-state index in [1.807, 2.05) is 41.8 Å². The van der Waals surface area contributed by atoms with Crippen LogP contribution in [-0.4, -0.2) is 51.5 Å². The second kappa shape index (κ2) is 10.6. The molecule has 0 bridgehead atoms. The van der Waals surface area contributed by atoms with Crippen LogP contribution in [0.1, 0.15) is 10.4 Å². The van der Waals surface area contributed by atoms with Crippen LogP contribution in [0.2, 0.25) is 0 Å². The SMILES string of the molecule is O=C(CNc1cccc(C#Cc2cccs2)c1)Nc1ccc(S(=O)(=O)N2CCOCC2)cc1. The number of morpholine rings is 1. The van der Waals surface area contributed by atoms with Crippen LogP contribution in [0.25, 0.3) is 0 Å². The monoisotopic (exact) mass is 481 g/mol. The summed E-state index contributed by atoms with van der Waals surface area (Å²) < 4.78 is 32.0. The smallest absolute Gasteiger partial charge is 0.243 e. The van der Waals surface area contributed by atoms with Crippen molar-refractivity contribution in [3.8, 4) is 11.8 Å². The lowest BCUT2D eigenvalue weighted by Crippen LogP contribution is -2.40. The summed E-state index contributed by atoms with van der Waals surface area (Å²) in [4.78, 5) is 13.5. The minimum atomic E-state index is -3.56. The Morgan fingerprint density at radius 2 is 1.79 bits per heavy atom. The largest absolute Gasteiger partial charge is 0.379 e. The number of hydrogen-bond acceptors (Lipinski definition) is 6. The van der Waals surface area contributed by atoms with Crippen LogP contribution >= 0.6 is 11.3 Å². The first-order valence-corrected chi connectivity index (χ1v) is 12.7. The molecule has 1 amide bonds. The normalized spacial score (nSPS) is 14.2. The van der Waals surface area contributed by atoms with Crippen LogP contribution in [0.3, 0.4) is 0 Å². The van der Waals surface area contributed by atoms with Crippen molar-refractivity contribution in [3.05, 3.63) is 76.5 Å². The summed E-state index contributed by atoms with van der Waals surface area (Å²) in [6.45, 7) is 1.53. The van der Waals surface area contributed by atoms with Crippen molar-refractivity contribution in [1.29, 1.82) is 0 Å². The lowest BCUT2D eigenvalue weighted by molar-refractivity contribution is -0.114. The molecule has 33 heavy (non-hydrogen) atoms. The molecule has 1 aliphatic rings. The summed E-state index contributed by atoms with van der Waals surface area (Å²) in [5.74, 6) is 5.99. The van der Waals surface area contributed by atoms with Gasteiger partial charge in [-0.2, -0.15) is 4.31 Å². The average Bonchev–Trinajstić information content (AvgIpc) is 3.36. The van der Waals surface area contributed by atoms with Gasteiger partial charge in [-0.15, -0.1) is 11.3 Å². The summed E-state index contributed by atoms with van der Waals surface area (Å²) >= 11 is 1.59. The van der Waals surface area contributed by atoms with Gasteiger partial charge in [0.1, 0.15) is 0 Å². The van der Waals surface area contributed by atoms with E-state index in [9.17, 15) is 13.2 Å². The molecule has 2 aromatic carbocycles. The molecule has 9 heteroatoms. The Balaban J connectivity index is 1.31. The molecule has 1 aliphatic heterocycles. The first-order chi connectivity index (χ1) is 16.0. The number of sulfonamides is 1. The number of nitrogens with one attached hydrogen (secondary N) is 2. The Morgan fingerprint density at radius 3 is 2.52 bits per heavy atom. The zero-order valence-electron chi connectivity index (χ0n) is 17.8. The van der Waals surface area contributed by atoms with Crippen LogP contribution in [0, 0.1) is 11.8 Å². The third-order valence-corrected chi connectivity index (χ3v) is 7.61. The molecule has 7 nitrogen and oxygen atoms in total. The van der Waals surface area contributed by atoms with Gasteiger partial charge in [-0.3, -0.25) is 4.79 Å². The Labute approximate surface area is 197 Å². The summed E-state index contributed by atoms with van der Waals surface area (Å²) in [6.07, 6.45) is 0. The molecule has 0 unspecified atom stereocenters. The van der Waals surface area contributed by atoms with Crippen molar-refractivity contribution in [2.75, 3.05) is 43.5 Å². The average molecular weight is 482 g/mol. The highest BCUT2D eigenvalue weighted by Gasteiger charge is 2.26. The number of thiophene rings is 1. The molecule has 3 aromatic rings. The topological polar surface area (TPSA) is 87.7 Å². The number of carbonyl (C=O) groups is 1. The lowest BCUT2D eigenvalue weighted by atomic mass is 10.2. The van der Waals surface area contributed by atoms with E-state index in [0.29, 0.717) is 32.0 Å². The van der Waals surface area contributed by atoms with Crippen LogP contribution < -0.4 is 10.6 Å². The van der Waals surface area contributed by atoms with Gasteiger partial charge in [0, 0.05) is 30.0 Å². The van der Waals surface area contributed by atoms with Gasteiger partial charge in [0.15, 0.2) is 0 Å². The third kappa shape index (κ3) is 6.21. The van der Waals surface area contributed by atoms with Crippen LogP contribution in [0.15, 0.2) is 70.9 Å². The van der Waals surface area contributed by atoms with Crippen LogP contribution in [0.5, 0.6) is 0 Å². The standard InChI is InChI=1S/C24H23N3O4S2/c28-24(18-25-21-4-1-3-19(17-21)6-9-22-5-2-16-32-22)26-20-7-10-23(11-8-20)33(29,30)27-12-14-31-15-13-27/h1-5,7-8,10-11,16-17,25H,12-15,18H2,(H,26,28). The predicted octanol–water partition coefficient (Wildman–Crippen LogP) is 3.22. The number of rotatable bonds is 6. The molecule has 1 saturated heterocycles. The van der Waals surface area contributed by atoms with Gasteiger partial charge in [0.25, 0.3) is 0 Å². The van der Waals surface area contributed by atoms with Gasteiger partial charge >= 0.3 is 0 Å².